The van der Waals surface area contributed by atoms with Crippen LogP contribution in [0.5, 0.6) is 11.5 Å². The van der Waals surface area contributed by atoms with Crippen LogP contribution in [-0.4, -0.2) is 50.2 Å². The van der Waals surface area contributed by atoms with E-state index in [0.29, 0.717) is 30.5 Å². The monoisotopic (exact) mass is 560 g/mol. The highest BCUT2D eigenvalue weighted by Gasteiger charge is 2.06. The number of nitro benzene ring substituents is 1. The SMILES string of the molecule is COc1ccc(CCNC(=NCc2ccc([N+](=O)[O-])cc2)NCCSC)cc1OC.I. The van der Waals surface area contributed by atoms with E-state index in [2.05, 4.69) is 21.9 Å². The van der Waals surface area contributed by atoms with Crippen LogP contribution in [0.25, 0.3) is 0 Å². The fourth-order valence-electron chi connectivity index (χ4n) is 2.70. The number of rotatable bonds is 11. The van der Waals surface area contributed by atoms with Crippen molar-refractivity contribution >= 4 is 47.4 Å². The van der Waals surface area contributed by atoms with Gasteiger partial charge in [-0.15, -0.1) is 24.0 Å². The lowest BCUT2D eigenvalue weighted by Crippen LogP contribution is -2.39. The van der Waals surface area contributed by atoms with Gasteiger partial charge in [-0.05, 0) is 35.9 Å². The van der Waals surface area contributed by atoms with Gasteiger partial charge in [0.2, 0.25) is 0 Å². The van der Waals surface area contributed by atoms with Gasteiger partial charge in [-0.25, -0.2) is 4.99 Å². The molecule has 2 aromatic rings. The Morgan fingerprint density at radius 2 is 1.68 bits per heavy atom. The molecule has 0 fully saturated rings. The Morgan fingerprint density at radius 3 is 2.29 bits per heavy atom. The molecule has 0 saturated heterocycles. The normalized spacial score (nSPS) is 10.7. The van der Waals surface area contributed by atoms with Gasteiger partial charge in [-0.2, -0.15) is 11.8 Å². The second-order valence-electron chi connectivity index (χ2n) is 6.37. The van der Waals surface area contributed by atoms with Gasteiger partial charge in [0, 0.05) is 31.0 Å². The van der Waals surface area contributed by atoms with Crippen molar-refractivity contribution in [3.8, 4) is 11.5 Å². The van der Waals surface area contributed by atoms with Crippen LogP contribution in [0.2, 0.25) is 0 Å². The Bertz CT molecular complexity index is 850. The number of nitrogens with one attached hydrogen (secondary N) is 2. The molecule has 8 nitrogen and oxygen atoms in total. The fourth-order valence-corrected chi connectivity index (χ4v) is 3.01. The van der Waals surface area contributed by atoms with E-state index in [1.807, 2.05) is 18.2 Å². The Hall–Kier alpha value is -2.21. The van der Waals surface area contributed by atoms with Crippen LogP contribution in [0.15, 0.2) is 47.5 Å². The summed E-state index contributed by atoms with van der Waals surface area (Å²) in [6, 6.07) is 12.3. The molecule has 0 heterocycles. The molecule has 2 rings (SSSR count). The standard InChI is InChI=1S/C21H28N4O4S.HI/c1-28-19-9-6-16(14-20(19)29-2)10-11-22-21(23-12-13-30-3)24-15-17-4-7-18(8-5-17)25(26)27;/h4-9,14H,10-13,15H2,1-3H3,(H2,22,23,24);1H. The molecule has 0 unspecified atom stereocenters. The summed E-state index contributed by atoms with van der Waals surface area (Å²) in [7, 11) is 3.24. The molecule has 0 aliphatic rings. The zero-order valence-corrected chi connectivity index (χ0v) is 21.1. The maximum atomic E-state index is 10.8. The molecule has 0 amide bonds. The van der Waals surface area contributed by atoms with E-state index in [0.717, 1.165) is 29.8 Å². The summed E-state index contributed by atoms with van der Waals surface area (Å²) in [5.41, 5.74) is 2.11. The number of hydrogen-bond acceptors (Lipinski definition) is 6. The number of thioether (sulfide) groups is 1. The minimum absolute atomic E-state index is 0. The predicted molar refractivity (Wildman–Crippen MR) is 137 cm³/mol. The van der Waals surface area contributed by atoms with Gasteiger partial charge in [0.1, 0.15) is 0 Å². The van der Waals surface area contributed by atoms with Gasteiger partial charge >= 0.3 is 0 Å². The Labute approximate surface area is 204 Å². The van der Waals surface area contributed by atoms with Crippen LogP contribution in [-0.2, 0) is 13.0 Å². The van der Waals surface area contributed by atoms with Gasteiger partial charge in [0.15, 0.2) is 17.5 Å². The second-order valence-corrected chi connectivity index (χ2v) is 7.36. The number of benzene rings is 2. The van der Waals surface area contributed by atoms with Gasteiger partial charge < -0.3 is 20.1 Å². The quantitative estimate of drug-likeness (QED) is 0.108. The molecule has 0 spiro atoms. The number of methoxy groups -OCH3 is 2. The van der Waals surface area contributed by atoms with Gasteiger partial charge in [0.05, 0.1) is 25.7 Å². The molecule has 170 valence electrons. The molecular formula is C21H29IN4O4S. The van der Waals surface area contributed by atoms with Crippen LogP contribution in [0.3, 0.4) is 0 Å². The largest absolute Gasteiger partial charge is 0.493 e. The van der Waals surface area contributed by atoms with Crippen molar-refractivity contribution in [3.63, 3.8) is 0 Å². The Kier molecular flexibility index (Phi) is 12.8. The number of nitrogens with zero attached hydrogens (tertiary/aromatic N) is 2. The van der Waals surface area contributed by atoms with Crippen molar-refractivity contribution in [1.82, 2.24) is 10.6 Å². The van der Waals surface area contributed by atoms with E-state index in [1.54, 1.807) is 38.1 Å². The summed E-state index contributed by atoms with van der Waals surface area (Å²) < 4.78 is 10.6. The van der Waals surface area contributed by atoms with E-state index in [4.69, 9.17) is 9.47 Å². The minimum Gasteiger partial charge on any atom is -0.493 e. The van der Waals surface area contributed by atoms with E-state index in [1.165, 1.54) is 12.1 Å². The molecule has 0 aliphatic carbocycles. The lowest BCUT2D eigenvalue weighted by atomic mass is 10.1. The van der Waals surface area contributed by atoms with E-state index >= 15 is 0 Å². The van der Waals surface area contributed by atoms with Gasteiger partial charge in [0.25, 0.3) is 5.69 Å². The summed E-state index contributed by atoms with van der Waals surface area (Å²) in [5, 5.41) is 17.4. The molecular weight excluding hydrogens is 531 g/mol. The molecule has 31 heavy (non-hydrogen) atoms. The third kappa shape index (κ3) is 9.21. The van der Waals surface area contributed by atoms with Crippen molar-refractivity contribution in [3.05, 3.63) is 63.7 Å². The number of nitro groups is 1. The first-order chi connectivity index (χ1) is 14.6. The molecule has 0 aromatic heterocycles. The van der Waals surface area contributed by atoms with Crippen LogP contribution in [0.1, 0.15) is 11.1 Å². The molecule has 2 aromatic carbocycles. The molecule has 0 aliphatic heterocycles. The van der Waals surface area contributed by atoms with Crippen LogP contribution >= 0.6 is 35.7 Å². The summed E-state index contributed by atoms with van der Waals surface area (Å²) in [5.74, 6) is 3.09. The van der Waals surface area contributed by atoms with E-state index in [9.17, 15) is 10.1 Å². The average Bonchev–Trinajstić information content (AvgIpc) is 2.77. The van der Waals surface area contributed by atoms with Crippen LogP contribution in [0.4, 0.5) is 5.69 Å². The second kappa shape index (κ2) is 14.7. The first-order valence-electron chi connectivity index (χ1n) is 9.52. The fraction of sp³-hybridized carbons (Fsp3) is 0.381. The average molecular weight is 560 g/mol. The maximum absolute atomic E-state index is 10.8. The van der Waals surface area contributed by atoms with Crippen molar-refractivity contribution in [1.29, 1.82) is 0 Å². The van der Waals surface area contributed by atoms with Crippen molar-refractivity contribution in [2.24, 2.45) is 4.99 Å². The number of hydrogen-bond donors (Lipinski definition) is 2. The minimum atomic E-state index is -0.405. The molecule has 0 saturated carbocycles. The third-order valence-corrected chi connectivity index (χ3v) is 4.93. The number of ether oxygens (including phenoxy) is 2. The zero-order valence-electron chi connectivity index (χ0n) is 17.9. The van der Waals surface area contributed by atoms with Crippen molar-refractivity contribution < 1.29 is 14.4 Å². The van der Waals surface area contributed by atoms with E-state index in [-0.39, 0.29) is 29.7 Å². The predicted octanol–water partition coefficient (Wildman–Crippen LogP) is 3.87. The summed E-state index contributed by atoms with van der Waals surface area (Å²) in [4.78, 5) is 15.0. The summed E-state index contributed by atoms with van der Waals surface area (Å²) in [6.07, 6.45) is 2.85. The maximum Gasteiger partial charge on any atom is 0.269 e. The Balaban J connectivity index is 0.00000480. The smallest absolute Gasteiger partial charge is 0.269 e. The first kappa shape index (κ1) is 26.8. The third-order valence-electron chi connectivity index (χ3n) is 4.32. The summed E-state index contributed by atoms with van der Waals surface area (Å²) in [6.45, 7) is 1.92. The molecule has 0 bridgehead atoms. The van der Waals surface area contributed by atoms with Crippen molar-refractivity contribution in [2.45, 2.75) is 13.0 Å². The topological polar surface area (TPSA) is 98.0 Å². The number of halogens is 1. The highest BCUT2D eigenvalue weighted by Crippen LogP contribution is 2.27. The van der Waals surface area contributed by atoms with Gasteiger partial charge in [-0.1, -0.05) is 18.2 Å². The highest BCUT2D eigenvalue weighted by atomic mass is 127. The molecule has 2 N–H and O–H groups in total. The van der Waals surface area contributed by atoms with E-state index < -0.39 is 4.92 Å². The zero-order chi connectivity index (χ0) is 21.8. The lowest BCUT2D eigenvalue weighted by molar-refractivity contribution is -0.384. The van der Waals surface area contributed by atoms with Crippen molar-refractivity contribution in [2.75, 3.05) is 39.3 Å². The highest BCUT2D eigenvalue weighted by molar-refractivity contribution is 14.0. The lowest BCUT2D eigenvalue weighted by Gasteiger charge is -2.13. The van der Waals surface area contributed by atoms with Crippen LogP contribution < -0.4 is 20.1 Å². The number of aliphatic imine (C=N–C) groups is 1. The number of non-ortho nitro benzene ring substituents is 1. The number of guanidine groups is 1. The Morgan fingerprint density at radius 1 is 1.03 bits per heavy atom. The summed E-state index contributed by atoms with van der Waals surface area (Å²) >= 11 is 1.76. The van der Waals surface area contributed by atoms with Crippen LogP contribution in [0, 0.1) is 10.1 Å². The molecule has 0 radical (unpaired) electrons. The van der Waals surface area contributed by atoms with Gasteiger partial charge in [-0.3, -0.25) is 10.1 Å². The first-order valence-corrected chi connectivity index (χ1v) is 10.9. The molecule has 10 heteroatoms. The molecule has 0 atom stereocenters.